The first-order chi connectivity index (χ1) is 6.33. The summed E-state index contributed by atoms with van der Waals surface area (Å²) in [6, 6.07) is 0. The number of nitrogen functional groups attached to an aromatic ring is 1. The maximum absolute atomic E-state index is 5.44. The molecule has 2 N–H and O–H groups in total. The number of aromatic nitrogens is 2. The van der Waals surface area contributed by atoms with Crippen molar-refractivity contribution in [3.8, 4) is 5.88 Å². The zero-order valence-corrected chi connectivity index (χ0v) is 7.86. The van der Waals surface area contributed by atoms with Gasteiger partial charge in [-0.15, -0.1) is 0 Å². The van der Waals surface area contributed by atoms with Crippen LogP contribution in [0.2, 0.25) is 0 Å². The van der Waals surface area contributed by atoms with Crippen molar-refractivity contribution in [2.24, 2.45) is 0 Å². The topological polar surface area (TPSA) is 61.0 Å². The van der Waals surface area contributed by atoms with Crippen LogP contribution in [0.1, 0.15) is 26.2 Å². The average molecular weight is 181 g/mol. The predicted octanol–water partition coefficient (Wildman–Crippen LogP) is 1.63. The molecule has 1 aromatic heterocycles. The van der Waals surface area contributed by atoms with E-state index in [9.17, 15) is 0 Å². The van der Waals surface area contributed by atoms with Gasteiger partial charge in [-0.3, -0.25) is 4.98 Å². The SMILES string of the molecule is CCCCCOc1cncc(N)n1. The van der Waals surface area contributed by atoms with Crippen LogP contribution >= 0.6 is 0 Å². The van der Waals surface area contributed by atoms with E-state index in [1.807, 2.05) is 0 Å². The van der Waals surface area contributed by atoms with Crippen molar-refractivity contribution in [1.82, 2.24) is 9.97 Å². The van der Waals surface area contributed by atoms with E-state index in [1.165, 1.54) is 19.0 Å². The molecule has 0 radical (unpaired) electrons. The van der Waals surface area contributed by atoms with E-state index in [4.69, 9.17) is 10.5 Å². The quantitative estimate of drug-likeness (QED) is 0.701. The van der Waals surface area contributed by atoms with E-state index in [2.05, 4.69) is 16.9 Å². The third-order valence-electron chi connectivity index (χ3n) is 1.63. The van der Waals surface area contributed by atoms with Gasteiger partial charge < -0.3 is 10.5 Å². The van der Waals surface area contributed by atoms with Gasteiger partial charge in [0.2, 0.25) is 5.88 Å². The molecule has 1 heterocycles. The van der Waals surface area contributed by atoms with E-state index >= 15 is 0 Å². The lowest BCUT2D eigenvalue weighted by atomic mass is 10.3. The van der Waals surface area contributed by atoms with E-state index in [0.29, 0.717) is 18.3 Å². The van der Waals surface area contributed by atoms with Crippen LogP contribution in [-0.4, -0.2) is 16.6 Å². The van der Waals surface area contributed by atoms with Gasteiger partial charge in [-0.2, -0.15) is 4.98 Å². The molecule has 0 unspecified atom stereocenters. The van der Waals surface area contributed by atoms with E-state index in [1.54, 1.807) is 6.20 Å². The molecule has 1 rings (SSSR count). The molecule has 13 heavy (non-hydrogen) atoms. The van der Waals surface area contributed by atoms with Gasteiger partial charge in [0.1, 0.15) is 5.82 Å². The number of ether oxygens (including phenoxy) is 1. The molecule has 72 valence electrons. The van der Waals surface area contributed by atoms with Gasteiger partial charge in [0.05, 0.1) is 19.0 Å². The van der Waals surface area contributed by atoms with Crippen LogP contribution in [0, 0.1) is 0 Å². The van der Waals surface area contributed by atoms with Gasteiger partial charge in [-0.25, -0.2) is 0 Å². The fraction of sp³-hybridized carbons (Fsp3) is 0.556. The van der Waals surface area contributed by atoms with Crippen molar-refractivity contribution in [2.75, 3.05) is 12.3 Å². The minimum atomic E-state index is 0.396. The highest BCUT2D eigenvalue weighted by atomic mass is 16.5. The minimum absolute atomic E-state index is 0.396. The number of anilines is 1. The molecule has 0 aromatic carbocycles. The molecule has 0 spiro atoms. The van der Waals surface area contributed by atoms with Gasteiger partial charge in [-0.05, 0) is 6.42 Å². The summed E-state index contributed by atoms with van der Waals surface area (Å²) in [4.78, 5) is 7.83. The Morgan fingerprint density at radius 1 is 1.38 bits per heavy atom. The molecule has 1 aromatic rings. The number of unbranched alkanes of at least 4 members (excludes halogenated alkanes) is 2. The fourth-order valence-electron chi connectivity index (χ4n) is 0.961. The van der Waals surface area contributed by atoms with Crippen molar-refractivity contribution in [3.63, 3.8) is 0 Å². The molecular formula is C9H15N3O. The molecule has 4 heteroatoms. The van der Waals surface area contributed by atoms with E-state index in [0.717, 1.165) is 6.42 Å². The predicted molar refractivity (Wildman–Crippen MR) is 51.5 cm³/mol. The second-order valence-corrected chi connectivity index (χ2v) is 2.84. The maximum Gasteiger partial charge on any atom is 0.234 e. The second-order valence-electron chi connectivity index (χ2n) is 2.84. The van der Waals surface area contributed by atoms with Crippen molar-refractivity contribution in [3.05, 3.63) is 12.4 Å². The summed E-state index contributed by atoms with van der Waals surface area (Å²) in [5, 5.41) is 0. The molecule has 0 saturated heterocycles. The van der Waals surface area contributed by atoms with Gasteiger partial charge in [0, 0.05) is 0 Å². The summed E-state index contributed by atoms with van der Waals surface area (Å²) < 4.78 is 5.34. The summed E-state index contributed by atoms with van der Waals surface area (Å²) in [5.41, 5.74) is 5.44. The Labute approximate surface area is 78.1 Å². The number of nitrogens with two attached hydrogens (primary N) is 1. The molecule has 0 bridgehead atoms. The molecule has 0 aliphatic heterocycles. The maximum atomic E-state index is 5.44. The smallest absolute Gasteiger partial charge is 0.234 e. The lowest BCUT2D eigenvalue weighted by Gasteiger charge is -2.03. The fourth-order valence-corrected chi connectivity index (χ4v) is 0.961. The van der Waals surface area contributed by atoms with Crippen LogP contribution < -0.4 is 10.5 Å². The zero-order valence-electron chi connectivity index (χ0n) is 7.86. The first-order valence-electron chi connectivity index (χ1n) is 4.53. The normalized spacial score (nSPS) is 9.92. The zero-order chi connectivity index (χ0) is 9.52. The molecule has 0 aliphatic carbocycles. The molecule has 0 atom stereocenters. The Morgan fingerprint density at radius 3 is 2.92 bits per heavy atom. The van der Waals surface area contributed by atoms with E-state index < -0.39 is 0 Å². The van der Waals surface area contributed by atoms with Gasteiger partial charge in [0.15, 0.2) is 0 Å². The molecular weight excluding hydrogens is 166 g/mol. The number of nitrogens with zero attached hydrogens (tertiary/aromatic N) is 2. The highest BCUT2D eigenvalue weighted by Crippen LogP contribution is 2.06. The Hall–Kier alpha value is -1.32. The molecule has 4 nitrogen and oxygen atoms in total. The standard InChI is InChI=1S/C9H15N3O/c1-2-3-4-5-13-9-7-11-6-8(10)12-9/h6-7H,2-5H2,1H3,(H2,10,12). The lowest BCUT2D eigenvalue weighted by Crippen LogP contribution is -2.01. The van der Waals surface area contributed by atoms with E-state index in [-0.39, 0.29) is 0 Å². The third kappa shape index (κ3) is 3.73. The second kappa shape index (κ2) is 5.35. The van der Waals surface area contributed by atoms with Crippen LogP contribution in [0.4, 0.5) is 5.82 Å². The van der Waals surface area contributed by atoms with Crippen molar-refractivity contribution in [1.29, 1.82) is 0 Å². The Kier molecular flexibility index (Phi) is 4.02. The van der Waals surface area contributed by atoms with Crippen LogP contribution in [0.5, 0.6) is 5.88 Å². The summed E-state index contributed by atoms with van der Waals surface area (Å²) in [5.74, 6) is 0.907. The van der Waals surface area contributed by atoms with Crippen LogP contribution in [0.15, 0.2) is 12.4 Å². The summed E-state index contributed by atoms with van der Waals surface area (Å²) in [7, 11) is 0. The van der Waals surface area contributed by atoms with Crippen LogP contribution in [-0.2, 0) is 0 Å². The van der Waals surface area contributed by atoms with Gasteiger partial charge in [0.25, 0.3) is 0 Å². The van der Waals surface area contributed by atoms with Crippen LogP contribution in [0.3, 0.4) is 0 Å². The Bertz CT molecular complexity index is 252. The lowest BCUT2D eigenvalue weighted by molar-refractivity contribution is 0.294. The Morgan fingerprint density at radius 2 is 2.23 bits per heavy atom. The summed E-state index contributed by atoms with van der Waals surface area (Å²) in [6.07, 6.45) is 6.48. The third-order valence-corrected chi connectivity index (χ3v) is 1.63. The highest BCUT2D eigenvalue weighted by molar-refractivity contribution is 5.25. The summed E-state index contributed by atoms with van der Waals surface area (Å²) >= 11 is 0. The number of hydrogen-bond donors (Lipinski definition) is 1. The van der Waals surface area contributed by atoms with Crippen LogP contribution in [0.25, 0.3) is 0 Å². The minimum Gasteiger partial charge on any atom is -0.477 e. The Balaban J connectivity index is 2.28. The van der Waals surface area contributed by atoms with Gasteiger partial charge in [-0.1, -0.05) is 19.8 Å². The first kappa shape index (κ1) is 9.77. The van der Waals surface area contributed by atoms with Crippen molar-refractivity contribution < 1.29 is 4.74 Å². The van der Waals surface area contributed by atoms with Crippen molar-refractivity contribution in [2.45, 2.75) is 26.2 Å². The summed E-state index contributed by atoms with van der Waals surface area (Å²) in [6.45, 7) is 2.84. The highest BCUT2D eigenvalue weighted by Gasteiger charge is 1.95. The molecule has 0 fully saturated rings. The van der Waals surface area contributed by atoms with Crippen molar-refractivity contribution >= 4 is 5.82 Å². The largest absolute Gasteiger partial charge is 0.477 e. The number of rotatable bonds is 5. The molecule has 0 saturated carbocycles. The first-order valence-corrected chi connectivity index (χ1v) is 4.53. The monoisotopic (exact) mass is 181 g/mol. The molecule has 0 aliphatic rings. The van der Waals surface area contributed by atoms with Gasteiger partial charge >= 0.3 is 0 Å². The average Bonchev–Trinajstić information content (AvgIpc) is 2.13. The number of hydrogen-bond acceptors (Lipinski definition) is 4. The molecule has 0 amide bonds.